The van der Waals surface area contributed by atoms with Gasteiger partial charge in [-0.3, -0.25) is 5.32 Å². The highest BCUT2D eigenvalue weighted by Gasteiger charge is 2.36. The number of sulfonamides is 1. The second-order valence-electron chi connectivity index (χ2n) is 4.88. The van der Waals surface area contributed by atoms with Crippen molar-refractivity contribution in [1.82, 2.24) is 10.0 Å². The Kier molecular flexibility index (Phi) is 5.37. The summed E-state index contributed by atoms with van der Waals surface area (Å²) in [6, 6.07) is 0. The third-order valence-corrected chi connectivity index (χ3v) is 4.04. The first-order valence-corrected chi connectivity index (χ1v) is 8.18. The Morgan fingerprint density at radius 2 is 1.88 bits per heavy atom. The van der Waals surface area contributed by atoms with Gasteiger partial charge in [0, 0.05) is 5.92 Å². The second kappa shape index (κ2) is 6.13. The Hall–Kier alpha value is -0.170. The molecule has 0 aromatic carbocycles. The van der Waals surface area contributed by atoms with Crippen LogP contribution in [-0.4, -0.2) is 38.6 Å². The molecule has 0 aliphatic heterocycles. The molecule has 0 amide bonds. The van der Waals surface area contributed by atoms with Crippen LogP contribution in [0.5, 0.6) is 0 Å². The van der Waals surface area contributed by atoms with Gasteiger partial charge in [-0.1, -0.05) is 26.2 Å². The number of rotatable bonds is 6. The molecule has 1 unspecified atom stereocenters. The van der Waals surface area contributed by atoms with Crippen molar-refractivity contribution in [2.24, 2.45) is 5.92 Å². The zero-order valence-corrected chi connectivity index (χ0v) is 11.5. The lowest BCUT2D eigenvalue weighted by atomic mass is 9.81. The normalized spacial score (nSPS) is 22.3. The van der Waals surface area contributed by atoms with Gasteiger partial charge in [0.2, 0.25) is 10.0 Å². The molecule has 1 aliphatic rings. The van der Waals surface area contributed by atoms with Crippen molar-refractivity contribution in [2.45, 2.75) is 44.8 Å². The molecule has 3 N–H and O–H groups in total. The van der Waals surface area contributed by atoms with Gasteiger partial charge in [-0.2, -0.15) is 0 Å². The summed E-state index contributed by atoms with van der Waals surface area (Å²) in [4.78, 5) is 0. The first-order valence-electron chi connectivity index (χ1n) is 6.29. The van der Waals surface area contributed by atoms with Crippen molar-refractivity contribution in [1.29, 1.82) is 0 Å². The van der Waals surface area contributed by atoms with Crippen LogP contribution in [0.3, 0.4) is 0 Å². The Labute approximate surface area is 104 Å². The van der Waals surface area contributed by atoms with E-state index in [9.17, 15) is 13.5 Å². The van der Waals surface area contributed by atoms with Crippen LogP contribution < -0.4 is 10.0 Å². The molecule has 0 heterocycles. The number of likely N-dealkylation sites (N-methyl/N-ethyl adjacent to an activating group) is 1. The van der Waals surface area contributed by atoms with E-state index in [-0.39, 0.29) is 12.5 Å². The first kappa shape index (κ1) is 14.9. The molecule has 0 bridgehead atoms. The Balaban J connectivity index is 2.65. The smallest absolute Gasteiger partial charge is 0.208 e. The van der Waals surface area contributed by atoms with Crippen LogP contribution in [0.1, 0.15) is 39.0 Å². The summed E-state index contributed by atoms with van der Waals surface area (Å²) in [5, 5.41) is 13.6. The van der Waals surface area contributed by atoms with Gasteiger partial charge in [0.1, 0.15) is 5.72 Å². The second-order valence-corrected chi connectivity index (χ2v) is 6.72. The number of hydrogen-bond donors (Lipinski definition) is 3. The number of nitrogens with one attached hydrogen (secondary N) is 2. The highest BCUT2D eigenvalue weighted by Crippen LogP contribution is 2.31. The topological polar surface area (TPSA) is 78.4 Å². The molecule has 0 spiro atoms. The predicted octanol–water partition coefficient (Wildman–Crippen LogP) is 0.414. The third kappa shape index (κ3) is 4.91. The zero-order valence-electron chi connectivity index (χ0n) is 10.7. The predicted molar refractivity (Wildman–Crippen MR) is 68.0 cm³/mol. The highest BCUT2D eigenvalue weighted by molar-refractivity contribution is 7.88. The fourth-order valence-electron chi connectivity index (χ4n) is 2.48. The molecule has 0 saturated heterocycles. The molecule has 102 valence electrons. The van der Waals surface area contributed by atoms with Crippen molar-refractivity contribution < 1.29 is 13.5 Å². The van der Waals surface area contributed by atoms with Crippen molar-refractivity contribution >= 4 is 10.0 Å². The average molecular weight is 264 g/mol. The molecule has 17 heavy (non-hydrogen) atoms. The molecule has 1 saturated carbocycles. The summed E-state index contributed by atoms with van der Waals surface area (Å²) >= 11 is 0. The van der Waals surface area contributed by atoms with Gasteiger partial charge in [-0.05, 0) is 19.4 Å². The summed E-state index contributed by atoms with van der Waals surface area (Å²) < 4.78 is 24.6. The molecule has 0 aromatic heterocycles. The van der Waals surface area contributed by atoms with Crippen LogP contribution in [0.4, 0.5) is 0 Å². The van der Waals surface area contributed by atoms with Crippen molar-refractivity contribution in [3.05, 3.63) is 0 Å². The third-order valence-electron chi connectivity index (χ3n) is 3.37. The molecule has 1 aliphatic carbocycles. The van der Waals surface area contributed by atoms with E-state index in [0.29, 0.717) is 6.54 Å². The Morgan fingerprint density at radius 3 is 2.35 bits per heavy atom. The molecule has 6 heteroatoms. The maximum absolute atomic E-state index is 11.1. The Morgan fingerprint density at radius 1 is 1.29 bits per heavy atom. The minimum atomic E-state index is -3.26. The number of hydrogen-bond acceptors (Lipinski definition) is 4. The molecule has 5 nitrogen and oxygen atoms in total. The van der Waals surface area contributed by atoms with Gasteiger partial charge in [-0.25, -0.2) is 13.1 Å². The van der Waals surface area contributed by atoms with Crippen LogP contribution in [0.25, 0.3) is 0 Å². The van der Waals surface area contributed by atoms with Crippen molar-refractivity contribution in [3.63, 3.8) is 0 Å². The van der Waals surface area contributed by atoms with Crippen molar-refractivity contribution in [3.8, 4) is 0 Å². The van der Waals surface area contributed by atoms with E-state index >= 15 is 0 Å². The van der Waals surface area contributed by atoms with E-state index in [1.807, 2.05) is 6.92 Å². The van der Waals surface area contributed by atoms with Gasteiger partial charge >= 0.3 is 0 Å². The van der Waals surface area contributed by atoms with Crippen molar-refractivity contribution in [2.75, 3.05) is 19.3 Å². The monoisotopic (exact) mass is 264 g/mol. The standard InChI is InChI=1S/C11H24N2O3S/c1-3-12-11(14,9-13-17(2,15)16)10-7-5-4-6-8-10/h10,12-14H,3-9H2,1-2H3. The van der Waals surface area contributed by atoms with Gasteiger partial charge in [-0.15, -0.1) is 0 Å². The number of aliphatic hydroxyl groups is 1. The van der Waals surface area contributed by atoms with Gasteiger partial charge in [0.15, 0.2) is 0 Å². The van der Waals surface area contributed by atoms with E-state index in [0.717, 1.165) is 31.9 Å². The first-order chi connectivity index (χ1) is 7.87. The van der Waals surface area contributed by atoms with Crippen LogP contribution in [-0.2, 0) is 10.0 Å². The van der Waals surface area contributed by atoms with Crippen LogP contribution in [0, 0.1) is 5.92 Å². The lowest BCUT2D eigenvalue weighted by Gasteiger charge is -2.39. The summed E-state index contributed by atoms with van der Waals surface area (Å²) in [5.74, 6) is 0.130. The lowest BCUT2D eigenvalue weighted by Crippen LogP contribution is -2.58. The van der Waals surface area contributed by atoms with Gasteiger partial charge < -0.3 is 5.11 Å². The van der Waals surface area contributed by atoms with E-state index < -0.39 is 15.7 Å². The average Bonchev–Trinajstić information content (AvgIpc) is 2.27. The minimum absolute atomic E-state index is 0.0460. The van der Waals surface area contributed by atoms with Crippen LogP contribution in [0.15, 0.2) is 0 Å². The Bertz CT molecular complexity index is 326. The highest BCUT2D eigenvalue weighted by atomic mass is 32.2. The summed E-state index contributed by atoms with van der Waals surface area (Å²) in [5.41, 5.74) is -1.11. The zero-order chi connectivity index (χ0) is 12.9. The van der Waals surface area contributed by atoms with Crippen LogP contribution >= 0.6 is 0 Å². The van der Waals surface area contributed by atoms with Gasteiger partial charge in [0.25, 0.3) is 0 Å². The maximum Gasteiger partial charge on any atom is 0.208 e. The fraction of sp³-hybridized carbons (Fsp3) is 1.00. The van der Waals surface area contributed by atoms with Crippen LogP contribution in [0.2, 0.25) is 0 Å². The minimum Gasteiger partial charge on any atom is -0.374 e. The van der Waals surface area contributed by atoms with E-state index in [1.165, 1.54) is 6.42 Å². The molecule has 1 rings (SSSR count). The molecular formula is C11H24N2O3S. The van der Waals surface area contributed by atoms with E-state index in [4.69, 9.17) is 0 Å². The largest absolute Gasteiger partial charge is 0.374 e. The fourth-order valence-corrected chi connectivity index (χ4v) is 2.96. The quantitative estimate of drug-likeness (QED) is 0.607. The molecular weight excluding hydrogens is 240 g/mol. The molecule has 1 atom stereocenters. The van der Waals surface area contributed by atoms with Gasteiger partial charge in [0.05, 0.1) is 12.8 Å². The van der Waals surface area contributed by atoms with E-state index in [2.05, 4.69) is 10.0 Å². The summed E-state index contributed by atoms with van der Waals surface area (Å²) in [6.07, 6.45) is 6.44. The molecule has 0 aromatic rings. The summed E-state index contributed by atoms with van der Waals surface area (Å²) in [7, 11) is -3.26. The lowest BCUT2D eigenvalue weighted by molar-refractivity contribution is -0.0556. The maximum atomic E-state index is 11.1. The summed E-state index contributed by atoms with van der Waals surface area (Å²) in [6.45, 7) is 2.58. The van der Waals surface area contributed by atoms with E-state index in [1.54, 1.807) is 0 Å². The molecule has 0 radical (unpaired) electrons. The SMILES string of the molecule is CCNC(O)(CNS(C)(=O)=O)C1CCCCC1. The molecule has 1 fully saturated rings.